The number of likely N-dealkylation sites (N-methyl/N-ethyl adjacent to an activating group) is 1. The van der Waals surface area contributed by atoms with Crippen LogP contribution in [0.15, 0.2) is 19.0 Å². The minimum Gasteiger partial charge on any atom is -0.484 e. The van der Waals surface area contributed by atoms with Gasteiger partial charge in [-0.2, -0.15) is 0 Å². The Bertz CT molecular complexity index is 1380. The van der Waals surface area contributed by atoms with Crippen LogP contribution in [-0.2, 0) is 24.2 Å². The zero-order valence-electron chi connectivity index (χ0n) is 25.1. The van der Waals surface area contributed by atoms with Crippen molar-refractivity contribution in [3.8, 4) is 11.6 Å². The summed E-state index contributed by atoms with van der Waals surface area (Å²) in [6.45, 7) is 11.8. The number of carbonyl (C=O) groups is 1. The molecule has 0 aromatic carbocycles. The molecule has 0 aliphatic carbocycles. The Hall–Kier alpha value is -3.60. The van der Waals surface area contributed by atoms with Gasteiger partial charge < -0.3 is 34.0 Å². The number of aromatic nitrogens is 3. The number of nitrogens with zero attached hydrogens (tertiary/aromatic N) is 8. The van der Waals surface area contributed by atoms with E-state index in [9.17, 15) is 4.79 Å². The molecule has 0 bridgehead atoms. The molecule has 224 valence electrons. The van der Waals surface area contributed by atoms with Crippen LogP contribution < -0.4 is 24.2 Å². The van der Waals surface area contributed by atoms with E-state index in [1.54, 1.807) is 6.33 Å². The Morgan fingerprint density at radius 3 is 2.81 bits per heavy atom. The Morgan fingerprint density at radius 1 is 1.12 bits per heavy atom. The summed E-state index contributed by atoms with van der Waals surface area (Å²) in [7, 11) is 4.30. The van der Waals surface area contributed by atoms with Crippen molar-refractivity contribution in [3.05, 3.63) is 35.9 Å². The topological polar surface area (TPSA) is 90.4 Å². The highest BCUT2D eigenvalue weighted by atomic mass is 16.5. The van der Waals surface area contributed by atoms with Crippen LogP contribution in [0.25, 0.3) is 0 Å². The zero-order valence-corrected chi connectivity index (χ0v) is 25.1. The fourth-order valence-corrected chi connectivity index (χ4v) is 7.46. The number of anilines is 3. The fraction of sp³-hybridized carbons (Fsp3) is 0.613. The lowest BCUT2D eigenvalue weighted by molar-refractivity contribution is -0.129. The van der Waals surface area contributed by atoms with Gasteiger partial charge in [-0.15, -0.1) is 0 Å². The predicted octanol–water partition coefficient (Wildman–Crippen LogP) is 2.27. The lowest BCUT2D eigenvalue weighted by atomic mass is 9.96. The predicted molar refractivity (Wildman–Crippen MR) is 162 cm³/mol. The number of aryl methyl sites for hydroxylation is 1. The van der Waals surface area contributed by atoms with Crippen LogP contribution in [0.2, 0.25) is 0 Å². The van der Waals surface area contributed by atoms with Crippen molar-refractivity contribution < 1.29 is 14.3 Å². The number of carbonyl (C=O) groups excluding carboxylic acids is 1. The Labute approximate surface area is 248 Å². The van der Waals surface area contributed by atoms with E-state index in [4.69, 9.17) is 19.4 Å². The first-order valence-corrected chi connectivity index (χ1v) is 15.4. The molecule has 2 saturated heterocycles. The van der Waals surface area contributed by atoms with Gasteiger partial charge in [0, 0.05) is 50.9 Å². The number of hydrogen-bond donors (Lipinski definition) is 0. The molecule has 0 unspecified atom stereocenters. The van der Waals surface area contributed by atoms with Gasteiger partial charge in [-0.3, -0.25) is 4.79 Å². The number of likely N-dealkylation sites (tertiary alicyclic amines) is 1. The maximum absolute atomic E-state index is 12.6. The molecule has 0 saturated carbocycles. The summed E-state index contributed by atoms with van der Waals surface area (Å²) >= 11 is 0. The summed E-state index contributed by atoms with van der Waals surface area (Å²) in [5.41, 5.74) is 5.61. The van der Waals surface area contributed by atoms with E-state index in [1.165, 1.54) is 18.1 Å². The Morgan fingerprint density at radius 2 is 2.00 bits per heavy atom. The Kier molecular flexibility index (Phi) is 7.08. The third-order valence-electron chi connectivity index (χ3n) is 9.81. The second kappa shape index (κ2) is 10.9. The van der Waals surface area contributed by atoms with Crippen LogP contribution in [0.5, 0.6) is 11.6 Å². The van der Waals surface area contributed by atoms with E-state index in [2.05, 4.69) is 52.2 Å². The fourth-order valence-electron chi connectivity index (χ4n) is 7.46. The maximum Gasteiger partial charge on any atom is 0.259 e. The number of hydrogen-bond acceptors (Lipinski definition) is 10. The number of fused-ring (bicyclic) bond motifs is 6. The molecule has 0 spiro atoms. The average molecular weight is 575 g/mol. The van der Waals surface area contributed by atoms with Crippen LogP contribution in [-0.4, -0.2) is 109 Å². The zero-order chi connectivity index (χ0) is 29.0. The standard InChI is InChI=1S/C31H42N8O3/c1-5-26(40)38-15-22-18-41-29-27(39(22)14-20(38)2)23-10-13-37(30-28-24(32-19-33-30)9-7-12-36(28)4)16-25(23)34-31(29)42-17-21-8-6-11-35(21)3/h5,19-22H,1,6-18H2,2-4H3/t20-,21+,22-/m1/s1. The highest BCUT2D eigenvalue weighted by Gasteiger charge is 2.42. The molecule has 5 aliphatic heterocycles. The van der Waals surface area contributed by atoms with Crippen molar-refractivity contribution in [1.29, 1.82) is 0 Å². The SMILES string of the molecule is C=CC(=O)N1C[C@@H]2COc3c(OC[C@@H]4CCCN4C)nc4c(c3N2C[C@H]1C)CCN(c1ncnc2c1N(C)CCC2)C4. The van der Waals surface area contributed by atoms with Crippen LogP contribution in [0, 0.1) is 0 Å². The average Bonchev–Trinajstić information content (AvgIpc) is 3.42. The first kappa shape index (κ1) is 27.2. The quantitative estimate of drug-likeness (QED) is 0.496. The van der Waals surface area contributed by atoms with Crippen molar-refractivity contribution in [2.75, 3.05) is 74.7 Å². The van der Waals surface area contributed by atoms with Crippen molar-refractivity contribution in [1.82, 2.24) is 24.8 Å². The minimum absolute atomic E-state index is 0.0248. The summed E-state index contributed by atoms with van der Waals surface area (Å²) in [5.74, 6) is 2.31. The van der Waals surface area contributed by atoms with Crippen molar-refractivity contribution >= 4 is 23.1 Å². The second-order valence-electron chi connectivity index (χ2n) is 12.5. The lowest BCUT2D eigenvalue weighted by Gasteiger charge is -2.49. The molecule has 3 atom stereocenters. The van der Waals surface area contributed by atoms with Gasteiger partial charge in [-0.05, 0) is 58.7 Å². The third-order valence-corrected chi connectivity index (χ3v) is 9.81. The number of ether oxygens (including phenoxy) is 2. The van der Waals surface area contributed by atoms with Crippen LogP contribution >= 0.6 is 0 Å². The number of amides is 1. The molecular weight excluding hydrogens is 532 g/mol. The Balaban J connectivity index is 1.25. The molecule has 11 nitrogen and oxygen atoms in total. The monoisotopic (exact) mass is 574 g/mol. The van der Waals surface area contributed by atoms with Crippen LogP contribution in [0.1, 0.15) is 43.1 Å². The molecule has 5 aliphatic rings. The molecular formula is C31H42N8O3. The first-order valence-electron chi connectivity index (χ1n) is 15.4. The van der Waals surface area contributed by atoms with Crippen molar-refractivity contribution in [2.24, 2.45) is 0 Å². The molecule has 11 heteroatoms. The molecule has 42 heavy (non-hydrogen) atoms. The first-order chi connectivity index (χ1) is 20.4. The van der Waals surface area contributed by atoms with E-state index >= 15 is 0 Å². The van der Waals surface area contributed by atoms with Gasteiger partial charge in [0.1, 0.15) is 25.2 Å². The maximum atomic E-state index is 12.6. The highest BCUT2D eigenvalue weighted by Crippen LogP contribution is 2.47. The van der Waals surface area contributed by atoms with Gasteiger partial charge >= 0.3 is 0 Å². The largest absolute Gasteiger partial charge is 0.484 e. The molecule has 0 N–H and O–H groups in total. The second-order valence-corrected chi connectivity index (χ2v) is 12.5. The van der Waals surface area contributed by atoms with Crippen molar-refractivity contribution in [3.63, 3.8) is 0 Å². The normalized spacial score (nSPS) is 25.3. The van der Waals surface area contributed by atoms with E-state index in [0.29, 0.717) is 38.2 Å². The summed E-state index contributed by atoms with van der Waals surface area (Å²) in [6, 6.07) is 0.502. The summed E-state index contributed by atoms with van der Waals surface area (Å²) in [4.78, 5) is 38.6. The molecule has 2 aromatic rings. The van der Waals surface area contributed by atoms with Gasteiger partial charge in [-0.1, -0.05) is 6.58 Å². The van der Waals surface area contributed by atoms with Gasteiger partial charge in [0.2, 0.25) is 11.7 Å². The van der Waals surface area contributed by atoms with Gasteiger partial charge in [0.25, 0.3) is 5.88 Å². The summed E-state index contributed by atoms with van der Waals surface area (Å²) in [6.07, 6.45) is 8.36. The molecule has 1 amide bonds. The van der Waals surface area contributed by atoms with E-state index in [-0.39, 0.29) is 18.0 Å². The molecule has 7 heterocycles. The van der Waals surface area contributed by atoms with Crippen LogP contribution in [0.3, 0.4) is 0 Å². The third kappa shape index (κ3) is 4.62. The minimum atomic E-state index is -0.0248. The smallest absolute Gasteiger partial charge is 0.259 e. The van der Waals surface area contributed by atoms with E-state index in [0.717, 1.165) is 86.2 Å². The molecule has 2 fully saturated rings. The summed E-state index contributed by atoms with van der Waals surface area (Å²) in [5, 5.41) is 0. The van der Waals surface area contributed by atoms with Gasteiger partial charge in [0.15, 0.2) is 5.82 Å². The number of piperazine rings is 1. The number of rotatable bonds is 5. The molecule has 7 rings (SSSR count). The van der Waals surface area contributed by atoms with Crippen LogP contribution in [0.4, 0.5) is 17.2 Å². The molecule has 0 radical (unpaired) electrons. The van der Waals surface area contributed by atoms with Gasteiger partial charge in [0.05, 0.1) is 29.7 Å². The number of pyridine rings is 1. The summed E-state index contributed by atoms with van der Waals surface area (Å²) < 4.78 is 13.0. The van der Waals surface area contributed by atoms with Crippen molar-refractivity contribution in [2.45, 2.75) is 63.7 Å². The molecule has 2 aromatic heterocycles. The van der Waals surface area contributed by atoms with Gasteiger partial charge in [-0.25, -0.2) is 15.0 Å². The van der Waals surface area contributed by atoms with E-state index < -0.39 is 0 Å². The van der Waals surface area contributed by atoms with E-state index in [1.807, 2.05) is 4.90 Å². The lowest BCUT2D eigenvalue weighted by Crippen LogP contribution is -2.62. The highest BCUT2D eigenvalue weighted by molar-refractivity contribution is 5.87.